The Morgan fingerprint density at radius 1 is 0.808 bits per heavy atom. The molecule has 2 aromatic rings. The molecule has 0 amide bonds. The van der Waals surface area contributed by atoms with Gasteiger partial charge in [-0.15, -0.1) is 0 Å². The third-order valence-corrected chi connectivity index (χ3v) is 5.11. The summed E-state index contributed by atoms with van der Waals surface area (Å²) in [5, 5.41) is 0.433. The van der Waals surface area contributed by atoms with E-state index in [0.717, 1.165) is 32.7 Å². The molecule has 1 saturated heterocycles. The van der Waals surface area contributed by atoms with Crippen LogP contribution in [0.2, 0.25) is 5.02 Å². The van der Waals surface area contributed by atoms with Gasteiger partial charge in [0.2, 0.25) is 0 Å². The number of rotatable bonds is 3. The van der Waals surface area contributed by atoms with E-state index in [2.05, 4.69) is 63.4 Å². The summed E-state index contributed by atoms with van der Waals surface area (Å²) in [5.74, 6) is -0.253. The molecule has 0 aromatic heterocycles. The van der Waals surface area contributed by atoms with Gasteiger partial charge < -0.3 is 14.7 Å². The Kier molecular flexibility index (Phi) is 4.85. The summed E-state index contributed by atoms with van der Waals surface area (Å²) in [7, 11) is 0. The fourth-order valence-electron chi connectivity index (χ4n) is 3.55. The van der Waals surface area contributed by atoms with Gasteiger partial charge in [0.1, 0.15) is 5.82 Å². The van der Waals surface area contributed by atoms with E-state index in [0.29, 0.717) is 10.7 Å². The number of hydrogen-bond acceptors (Lipinski definition) is 3. The number of para-hydroxylation sites is 2. The van der Waals surface area contributed by atoms with E-state index >= 15 is 0 Å². The minimum Gasteiger partial charge on any atom is -0.366 e. The van der Waals surface area contributed by atoms with E-state index in [1.54, 1.807) is 12.1 Å². The lowest BCUT2D eigenvalue weighted by Crippen LogP contribution is -2.47. The van der Waals surface area contributed by atoms with Crippen LogP contribution in [0.1, 0.15) is 0 Å². The third kappa shape index (κ3) is 3.42. The Balaban J connectivity index is 1.50. The number of anilines is 3. The highest BCUT2D eigenvalue weighted by Crippen LogP contribution is 2.32. The van der Waals surface area contributed by atoms with Crippen LogP contribution in [-0.4, -0.2) is 32.7 Å². The zero-order chi connectivity index (χ0) is 17.9. The Hall–Kier alpha value is -2.46. The van der Waals surface area contributed by atoms with Crippen molar-refractivity contribution in [2.45, 2.75) is 0 Å². The SMILES string of the molecule is Fc1cc(Cl)ccc1N1CCN(c2ccccc2N2C=CC=CC2)CC1. The van der Waals surface area contributed by atoms with Gasteiger partial charge >= 0.3 is 0 Å². The van der Waals surface area contributed by atoms with E-state index in [4.69, 9.17) is 11.6 Å². The Bertz CT molecular complexity index is 841. The maximum Gasteiger partial charge on any atom is 0.147 e. The molecule has 134 valence electrons. The highest BCUT2D eigenvalue weighted by atomic mass is 35.5. The van der Waals surface area contributed by atoms with Crippen LogP contribution in [0.15, 0.2) is 66.9 Å². The van der Waals surface area contributed by atoms with Crippen molar-refractivity contribution in [3.63, 3.8) is 0 Å². The van der Waals surface area contributed by atoms with Gasteiger partial charge in [0.25, 0.3) is 0 Å². The summed E-state index contributed by atoms with van der Waals surface area (Å²) in [4.78, 5) is 6.72. The predicted octanol–water partition coefficient (Wildman–Crippen LogP) is 4.70. The number of hydrogen-bond donors (Lipinski definition) is 0. The molecule has 0 radical (unpaired) electrons. The van der Waals surface area contributed by atoms with Gasteiger partial charge in [0.05, 0.1) is 17.1 Å². The van der Waals surface area contributed by atoms with Crippen molar-refractivity contribution < 1.29 is 4.39 Å². The first-order chi connectivity index (χ1) is 12.7. The van der Waals surface area contributed by atoms with Crippen molar-refractivity contribution in [3.05, 3.63) is 77.7 Å². The minimum absolute atomic E-state index is 0.253. The molecular formula is C21H21ClFN3. The van der Waals surface area contributed by atoms with Crippen molar-refractivity contribution in [2.24, 2.45) is 0 Å². The van der Waals surface area contributed by atoms with Crippen molar-refractivity contribution in [3.8, 4) is 0 Å². The second-order valence-corrected chi connectivity index (χ2v) is 6.92. The van der Waals surface area contributed by atoms with Crippen molar-refractivity contribution in [1.82, 2.24) is 0 Å². The zero-order valence-corrected chi connectivity index (χ0v) is 15.2. The Morgan fingerprint density at radius 2 is 1.50 bits per heavy atom. The maximum absolute atomic E-state index is 14.2. The highest BCUT2D eigenvalue weighted by Gasteiger charge is 2.22. The number of piperazine rings is 1. The average Bonchev–Trinajstić information content (AvgIpc) is 2.69. The molecule has 3 nitrogen and oxygen atoms in total. The molecule has 5 heteroatoms. The van der Waals surface area contributed by atoms with Crippen LogP contribution in [0.3, 0.4) is 0 Å². The fraction of sp³-hybridized carbons (Fsp3) is 0.238. The van der Waals surface area contributed by atoms with E-state index in [-0.39, 0.29) is 5.82 Å². The van der Waals surface area contributed by atoms with Crippen LogP contribution in [0.4, 0.5) is 21.5 Å². The summed E-state index contributed by atoms with van der Waals surface area (Å²) in [6, 6.07) is 13.4. The molecule has 0 aliphatic carbocycles. The lowest BCUT2D eigenvalue weighted by atomic mass is 10.1. The molecule has 2 aromatic carbocycles. The fourth-order valence-corrected chi connectivity index (χ4v) is 3.71. The first kappa shape index (κ1) is 17.0. The first-order valence-electron chi connectivity index (χ1n) is 8.86. The normalized spacial score (nSPS) is 17.1. The summed E-state index contributed by atoms with van der Waals surface area (Å²) >= 11 is 5.87. The topological polar surface area (TPSA) is 9.72 Å². The summed E-state index contributed by atoms with van der Waals surface area (Å²) < 4.78 is 14.2. The summed E-state index contributed by atoms with van der Waals surface area (Å²) in [6.45, 7) is 4.15. The molecule has 0 N–H and O–H groups in total. The van der Waals surface area contributed by atoms with Gasteiger partial charge in [-0.1, -0.05) is 35.9 Å². The quantitative estimate of drug-likeness (QED) is 0.776. The molecule has 0 unspecified atom stereocenters. The zero-order valence-electron chi connectivity index (χ0n) is 14.5. The molecule has 2 aliphatic rings. The van der Waals surface area contributed by atoms with Gasteiger partial charge in [0.15, 0.2) is 0 Å². The molecule has 0 spiro atoms. The van der Waals surface area contributed by atoms with Crippen molar-refractivity contribution in [1.29, 1.82) is 0 Å². The van der Waals surface area contributed by atoms with E-state index < -0.39 is 0 Å². The Morgan fingerprint density at radius 3 is 2.15 bits per heavy atom. The van der Waals surface area contributed by atoms with Gasteiger partial charge in [0, 0.05) is 43.9 Å². The summed E-state index contributed by atoms with van der Waals surface area (Å²) in [5.41, 5.74) is 3.06. The monoisotopic (exact) mass is 369 g/mol. The van der Waals surface area contributed by atoms with Crippen molar-refractivity contribution in [2.75, 3.05) is 47.4 Å². The molecule has 0 atom stereocenters. The third-order valence-electron chi connectivity index (χ3n) is 4.88. The van der Waals surface area contributed by atoms with Gasteiger partial charge in [-0.25, -0.2) is 4.39 Å². The van der Waals surface area contributed by atoms with Gasteiger partial charge in [-0.05, 0) is 36.4 Å². The molecular weight excluding hydrogens is 349 g/mol. The lowest BCUT2D eigenvalue weighted by molar-refractivity contribution is 0.598. The van der Waals surface area contributed by atoms with Crippen LogP contribution in [0.5, 0.6) is 0 Å². The average molecular weight is 370 g/mol. The smallest absolute Gasteiger partial charge is 0.147 e. The van der Waals surface area contributed by atoms with Crippen LogP contribution in [0.25, 0.3) is 0 Å². The number of nitrogens with zero attached hydrogens (tertiary/aromatic N) is 3. The predicted molar refractivity (Wildman–Crippen MR) is 108 cm³/mol. The van der Waals surface area contributed by atoms with Crippen LogP contribution in [0, 0.1) is 5.82 Å². The lowest BCUT2D eigenvalue weighted by Gasteiger charge is -2.39. The minimum atomic E-state index is -0.253. The molecule has 1 fully saturated rings. The maximum atomic E-state index is 14.2. The number of allylic oxidation sites excluding steroid dienone is 2. The molecule has 0 bridgehead atoms. The summed E-state index contributed by atoms with van der Waals surface area (Å²) in [6.07, 6.45) is 8.39. The van der Waals surface area contributed by atoms with E-state index in [1.807, 2.05) is 0 Å². The second-order valence-electron chi connectivity index (χ2n) is 6.48. The first-order valence-corrected chi connectivity index (χ1v) is 9.24. The van der Waals surface area contributed by atoms with E-state index in [1.165, 1.54) is 17.4 Å². The molecule has 26 heavy (non-hydrogen) atoms. The molecule has 4 rings (SSSR count). The standard InChI is InChI=1S/C21H21ClFN3/c22-17-8-9-19(18(23)16-17)25-12-14-26(15-13-25)21-7-3-2-6-20(21)24-10-4-1-5-11-24/h1-10,16H,11-15H2. The van der Waals surface area contributed by atoms with Gasteiger partial charge in [-0.2, -0.15) is 0 Å². The van der Waals surface area contributed by atoms with Crippen LogP contribution < -0.4 is 14.7 Å². The Labute approximate surface area is 158 Å². The highest BCUT2D eigenvalue weighted by molar-refractivity contribution is 6.30. The van der Waals surface area contributed by atoms with E-state index in [9.17, 15) is 4.39 Å². The van der Waals surface area contributed by atoms with Gasteiger partial charge in [-0.3, -0.25) is 0 Å². The van der Waals surface area contributed by atoms with Crippen LogP contribution in [-0.2, 0) is 0 Å². The second kappa shape index (κ2) is 7.42. The number of halogens is 2. The number of benzene rings is 2. The molecule has 0 saturated carbocycles. The van der Waals surface area contributed by atoms with Crippen LogP contribution >= 0.6 is 11.6 Å². The van der Waals surface area contributed by atoms with Crippen molar-refractivity contribution >= 4 is 28.7 Å². The largest absolute Gasteiger partial charge is 0.366 e. The molecule has 2 heterocycles. The molecule has 2 aliphatic heterocycles.